The molecule has 1 aromatic heterocycles. The average Bonchev–Trinajstić information content (AvgIpc) is 3.17. The quantitative estimate of drug-likeness (QED) is 0.780. The van der Waals surface area contributed by atoms with Crippen molar-refractivity contribution in [3.05, 3.63) is 59.9 Å². The monoisotopic (exact) mass is 347 g/mol. The highest BCUT2D eigenvalue weighted by molar-refractivity contribution is 7.91. The molecule has 2 atom stereocenters. The first kappa shape index (κ1) is 16.8. The number of rotatable bonds is 5. The van der Waals surface area contributed by atoms with Crippen LogP contribution in [0.4, 0.5) is 0 Å². The number of benzene rings is 1. The Kier molecular flexibility index (Phi) is 4.76. The van der Waals surface area contributed by atoms with E-state index in [2.05, 4.69) is 0 Å². The largest absolute Gasteiger partial charge is 0.459 e. The van der Waals surface area contributed by atoms with Crippen LogP contribution in [-0.4, -0.2) is 36.6 Å². The highest BCUT2D eigenvalue weighted by Crippen LogP contribution is 2.27. The zero-order valence-corrected chi connectivity index (χ0v) is 14.4. The van der Waals surface area contributed by atoms with Gasteiger partial charge in [-0.25, -0.2) is 13.2 Å². The van der Waals surface area contributed by atoms with E-state index in [9.17, 15) is 13.2 Å². The van der Waals surface area contributed by atoms with Gasteiger partial charge in [0.2, 0.25) is 0 Å². The molecule has 24 heavy (non-hydrogen) atoms. The molecule has 1 aliphatic carbocycles. The molecule has 1 aliphatic rings. The Balaban J connectivity index is 1.58. The molecule has 6 heteroatoms. The molecule has 5 nitrogen and oxygen atoms in total. The van der Waals surface area contributed by atoms with Crippen molar-refractivity contribution in [2.45, 2.75) is 37.2 Å². The summed E-state index contributed by atoms with van der Waals surface area (Å²) in [6.07, 6.45) is 6.10. The van der Waals surface area contributed by atoms with Crippen LogP contribution >= 0.6 is 0 Å². The van der Waals surface area contributed by atoms with Crippen LogP contribution in [0.2, 0.25) is 0 Å². The zero-order valence-electron chi connectivity index (χ0n) is 13.6. The fourth-order valence-electron chi connectivity index (χ4n) is 3.07. The number of hydrogen-bond donors (Lipinski definition) is 0. The Morgan fingerprint density at radius 3 is 2.62 bits per heavy atom. The number of sulfone groups is 1. The molecule has 0 spiro atoms. The smallest absolute Gasteiger partial charge is 0.339 e. The van der Waals surface area contributed by atoms with Crippen molar-refractivity contribution < 1.29 is 17.9 Å². The summed E-state index contributed by atoms with van der Waals surface area (Å²) in [5.41, 5.74) is 1.65. The summed E-state index contributed by atoms with van der Waals surface area (Å²) in [5, 5.41) is -0.391. The van der Waals surface area contributed by atoms with E-state index in [-0.39, 0.29) is 12.1 Å². The van der Waals surface area contributed by atoms with Crippen LogP contribution in [0.5, 0.6) is 0 Å². The molecular formula is C18H21NO4S. The third-order valence-electron chi connectivity index (χ3n) is 4.41. The molecule has 0 amide bonds. The Morgan fingerprint density at radius 2 is 1.96 bits per heavy atom. The second-order valence-corrected chi connectivity index (χ2v) is 8.68. The van der Waals surface area contributed by atoms with Crippen LogP contribution in [0.25, 0.3) is 0 Å². The van der Waals surface area contributed by atoms with E-state index in [0.717, 1.165) is 5.56 Å². The summed E-state index contributed by atoms with van der Waals surface area (Å²) in [6.45, 7) is 0.688. The van der Waals surface area contributed by atoms with Crippen molar-refractivity contribution in [3.63, 3.8) is 0 Å². The topological polar surface area (TPSA) is 65.4 Å². The minimum Gasteiger partial charge on any atom is -0.459 e. The molecule has 1 aromatic carbocycles. The van der Waals surface area contributed by atoms with Gasteiger partial charge in [0.1, 0.15) is 15.9 Å². The molecule has 0 N–H and O–H groups in total. The lowest BCUT2D eigenvalue weighted by atomic mass is 10.2. The van der Waals surface area contributed by atoms with Gasteiger partial charge in [-0.1, -0.05) is 30.3 Å². The van der Waals surface area contributed by atoms with Crippen LogP contribution in [0, 0.1) is 0 Å². The number of esters is 1. The van der Waals surface area contributed by atoms with Crippen molar-refractivity contribution in [1.82, 2.24) is 4.57 Å². The van der Waals surface area contributed by atoms with Gasteiger partial charge in [0.05, 0.1) is 10.8 Å². The maximum atomic E-state index is 12.2. The van der Waals surface area contributed by atoms with E-state index in [0.29, 0.717) is 31.4 Å². The maximum Gasteiger partial charge on any atom is 0.339 e. The summed E-state index contributed by atoms with van der Waals surface area (Å²) in [4.78, 5) is 12.2. The van der Waals surface area contributed by atoms with Crippen LogP contribution < -0.4 is 0 Å². The van der Waals surface area contributed by atoms with E-state index >= 15 is 0 Å². The Hall–Kier alpha value is -2.08. The van der Waals surface area contributed by atoms with Gasteiger partial charge < -0.3 is 9.30 Å². The number of nitrogens with zero attached hydrogens (tertiary/aromatic N) is 1. The van der Waals surface area contributed by atoms with E-state index in [1.807, 2.05) is 41.1 Å². The summed E-state index contributed by atoms with van der Waals surface area (Å²) in [7, 11) is -3.06. The molecule has 0 radical (unpaired) electrons. The minimum absolute atomic E-state index is 0.310. The lowest BCUT2D eigenvalue weighted by Gasteiger charge is -2.11. The standard InChI is InChI=1S/C18H21NO4S/c1-24(21,22)17-8-7-16(11-17)23-18(20)15-9-10-19(13-15)12-14-5-3-2-4-6-14/h2-6,9-10,13,16-17H,7-8,11-12H2,1H3/t16-,17-/m0/s1. The Bertz CT molecular complexity index is 811. The zero-order chi connectivity index (χ0) is 17.2. The van der Waals surface area contributed by atoms with Crippen molar-refractivity contribution in [3.8, 4) is 0 Å². The van der Waals surface area contributed by atoms with Gasteiger partial charge in [0.15, 0.2) is 0 Å². The molecule has 2 aromatic rings. The van der Waals surface area contributed by atoms with Gasteiger partial charge in [-0.15, -0.1) is 0 Å². The van der Waals surface area contributed by atoms with Gasteiger partial charge in [-0.3, -0.25) is 0 Å². The maximum absolute atomic E-state index is 12.2. The van der Waals surface area contributed by atoms with E-state index in [4.69, 9.17) is 4.74 Å². The predicted molar refractivity (Wildman–Crippen MR) is 91.7 cm³/mol. The van der Waals surface area contributed by atoms with Crippen molar-refractivity contribution in [2.24, 2.45) is 0 Å². The number of aromatic nitrogens is 1. The molecule has 0 bridgehead atoms. The molecule has 1 saturated carbocycles. The van der Waals surface area contributed by atoms with Gasteiger partial charge in [-0.05, 0) is 24.5 Å². The third kappa shape index (κ3) is 4.06. The van der Waals surface area contributed by atoms with Crippen molar-refractivity contribution >= 4 is 15.8 Å². The van der Waals surface area contributed by atoms with Gasteiger partial charge in [-0.2, -0.15) is 0 Å². The summed E-state index contributed by atoms with van der Waals surface area (Å²) in [5.74, 6) is -0.388. The average molecular weight is 347 g/mol. The molecule has 1 heterocycles. The Labute approximate surface area is 142 Å². The fourth-order valence-corrected chi connectivity index (χ4v) is 4.20. The lowest BCUT2D eigenvalue weighted by molar-refractivity contribution is 0.0318. The summed E-state index contributed by atoms with van der Waals surface area (Å²) < 4.78 is 30.5. The normalized spacial score (nSPS) is 20.9. The van der Waals surface area contributed by atoms with E-state index in [1.54, 1.807) is 12.3 Å². The first-order chi connectivity index (χ1) is 11.4. The molecule has 3 rings (SSSR count). The highest BCUT2D eigenvalue weighted by Gasteiger charge is 2.33. The van der Waals surface area contributed by atoms with Crippen LogP contribution in [0.1, 0.15) is 35.2 Å². The lowest BCUT2D eigenvalue weighted by Crippen LogP contribution is -2.20. The van der Waals surface area contributed by atoms with Gasteiger partial charge in [0, 0.05) is 31.6 Å². The molecular weight excluding hydrogens is 326 g/mol. The van der Waals surface area contributed by atoms with E-state index in [1.165, 1.54) is 6.26 Å². The van der Waals surface area contributed by atoms with Crippen LogP contribution in [-0.2, 0) is 21.1 Å². The molecule has 0 aliphatic heterocycles. The Morgan fingerprint density at radius 1 is 1.21 bits per heavy atom. The van der Waals surface area contributed by atoms with Crippen molar-refractivity contribution in [2.75, 3.05) is 6.26 Å². The summed E-state index contributed by atoms with van der Waals surface area (Å²) >= 11 is 0. The van der Waals surface area contributed by atoms with Crippen molar-refractivity contribution in [1.29, 1.82) is 0 Å². The number of carbonyl (C=O) groups excluding carboxylic acids is 1. The summed E-state index contributed by atoms with van der Waals surface area (Å²) in [6, 6.07) is 11.7. The first-order valence-corrected chi connectivity index (χ1v) is 9.97. The molecule has 0 unspecified atom stereocenters. The molecule has 1 fully saturated rings. The SMILES string of the molecule is CS(=O)(=O)[C@H]1CC[C@H](OC(=O)c2ccn(Cc3ccccc3)c2)C1. The van der Waals surface area contributed by atoms with Crippen LogP contribution in [0.15, 0.2) is 48.8 Å². The first-order valence-electron chi connectivity index (χ1n) is 8.01. The minimum atomic E-state index is -3.06. The second kappa shape index (κ2) is 6.81. The van der Waals surface area contributed by atoms with E-state index < -0.39 is 15.1 Å². The predicted octanol–water partition coefficient (Wildman–Crippen LogP) is 2.66. The van der Waals surface area contributed by atoms with Gasteiger partial charge >= 0.3 is 5.97 Å². The van der Waals surface area contributed by atoms with Crippen LogP contribution in [0.3, 0.4) is 0 Å². The molecule has 128 valence electrons. The number of carbonyl (C=O) groups is 1. The highest BCUT2D eigenvalue weighted by atomic mass is 32.2. The fraction of sp³-hybridized carbons (Fsp3) is 0.389. The second-order valence-electron chi connectivity index (χ2n) is 6.35. The number of ether oxygens (including phenoxy) is 1. The van der Waals surface area contributed by atoms with Gasteiger partial charge in [0.25, 0.3) is 0 Å². The molecule has 0 saturated heterocycles. The number of hydrogen-bond acceptors (Lipinski definition) is 4. The third-order valence-corrected chi connectivity index (χ3v) is 6.05.